The molecule has 3 N–H and O–H groups in total. The summed E-state index contributed by atoms with van der Waals surface area (Å²) < 4.78 is 5.83. The average molecular weight is 301 g/mol. The Morgan fingerprint density at radius 2 is 1.95 bits per heavy atom. The zero-order chi connectivity index (χ0) is 14.8. The molecule has 0 bridgehead atoms. The summed E-state index contributed by atoms with van der Waals surface area (Å²) in [7, 11) is 0. The number of aryl methyl sites for hydroxylation is 2. The van der Waals surface area contributed by atoms with Gasteiger partial charge in [0.05, 0.1) is 0 Å². The SMILES string of the molecule is N=C(N)c1ccc(COc2ccc3c(c2)CCC3)c(Cl)c1. The molecule has 0 fully saturated rings. The minimum atomic E-state index is 0.0167. The molecule has 0 atom stereocenters. The molecule has 0 spiro atoms. The lowest BCUT2D eigenvalue weighted by Gasteiger charge is -2.10. The van der Waals surface area contributed by atoms with Crippen LogP contribution < -0.4 is 10.5 Å². The Balaban J connectivity index is 1.71. The molecule has 1 aliphatic carbocycles. The van der Waals surface area contributed by atoms with Gasteiger partial charge in [0, 0.05) is 16.1 Å². The van der Waals surface area contributed by atoms with E-state index in [1.807, 2.05) is 12.1 Å². The summed E-state index contributed by atoms with van der Waals surface area (Å²) in [6.45, 7) is 0.413. The third kappa shape index (κ3) is 3.03. The summed E-state index contributed by atoms with van der Waals surface area (Å²) in [5, 5.41) is 7.97. The number of ether oxygens (including phenoxy) is 1. The third-order valence-corrected chi connectivity index (χ3v) is 4.18. The van der Waals surface area contributed by atoms with Crippen LogP contribution in [0.2, 0.25) is 5.02 Å². The fraction of sp³-hybridized carbons (Fsp3) is 0.235. The monoisotopic (exact) mass is 300 g/mol. The maximum absolute atomic E-state index is 7.40. The number of hydrogen-bond acceptors (Lipinski definition) is 2. The highest BCUT2D eigenvalue weighted by atomic mass is 35.5. The molecule has 0 heterocycles. The van der Waals surface area contributed by atoms with Crippen molar-refractivity contribution in [2.45, 2.75) is 25.9 Å². The molecule has 0 unspecified atom stereocenters. The predicted octanol–water partition coefficient (Wildman–Crippen LogP) is 3.69. The Kier molecular flexibility index (Phi) is 3.84. The lowest BCUT2D eigenvalue weighted by molar-refractivity contribution is 0.306. The van der Waals surface area contributed by atoms with Gasteiger partial charge in [-0.3, -0.25) is 5.41 Å². The summed E-state index contributed by atoms with van der Waals surface area (Å²) in [5.41, 5.74) is 9.79. The molecule has 0 saturated carbocycles. The first-order valence-corrected chi connectivity index (χ1v) is 7.39. The number of nitrogens with one attached hydrogen (secondary N) is 1. The molecule has 0 radical (unpaired) electrons. The van der Waals surface area contributed by atoms with Gasteiger partial charge in [-0.2, -0.15) is 0 Å². The third-order valence-electron chi connectivity index (χ3n) is 3.83. The van der Waals surface area contributed by atoms with Gasteiger partial charge < -0.3 is 10.5 Å². The first-order chi connectivity index (χ1) is 10.1. The van der Waals surface area contributed by atoms with Crippen molar-refractivity contribution in [1.29, 1.82) is 5.41 Å². The molecule has 3 nitrogen and oxygen atoms in total. The van der Waals surface area contributed by atoms with Gasteiger partial charge in [0.1, 0.15) is 18.2 Å². The Hall–Kier alpha value is -2.00. The molecular formula is C17H17ClN2O. The van der Waals surface area contributed by atoms with Crippen LogP contribution in [0.5, 0.6) is 5.75 Å². The molecule has 0 aliphatic heterocycles. The van der Waals surface area contributed by atoms with Crippen molar-refractivity contribution >= 4 is 17.4 Å². The molecular weight excluding hydrogens is 284 g/mol. The van der Waals surface area contributed by atoms with Crippen molar-refractivity contribution in [3.8, 4) is 5.75 Å². The number of nitrogens with two attached hydrogens (primary N) is 1. The Morgan fingerprint density at radius 1 is 1.14 bits per heavy atom. The minimum Gasteiger partial charge on any atom is -0.489 e. The van der Waals surface area contributed by atoms with Gasteiger partial charge >= 0.3 is 0 Å². The second kappa shape index (κ2) is 5.78. The van der Waals surface area contributed by atoms with Crippen molar-refractivity contribution in [3.05, 3.63) is 63.7 Å². The summed E-state index contributed by atoms with van der Waals surface area (Å²) in [5.74, 6) is 0.894. The maximum Gasteiger partial charge on any atom is 0.122 e. The van der Waals surface area contributed by atoms with E-state index < -0.39 is 0 Å². The van der Waals surface area contributed by atoms with Gasteiger partial charge in [0.25, 0.3) is 0 Å². The number of fused-ring (bicyclic) bond motifs is 1. The summed E-state index contributed by atoms with van der Waals surface area (Å²) in [6, 6.07) is 11.6. The Labute approximate surface area is 129 Å². The maximum atomic E-state index is 7.40. The Bertz CT molecular complexity index is 697. The molecule has 21 heavy (non-hydrogen) atoms. The summed E-state index contributed by atoms with van der Waals surface area (Å²) in [4.78, 5) is 0. The highest BCUT2D eigenvalue weighted by Crippen LogP contribution is 2.27. The fourth-order valence-corrected chi connectivity index (χ4v) is 2.87. The lowest BCUT2D eigenvalue weighted by atomic mass is 10.1. The van der Waals surface area contributed by atoms with E-state index in [4.69, 9.17) is 27.5 Å². The largest absolute Gasteiger partial charge is 0.489 e. The van der Waals surface area contributed by atoms with Crippen molar-refractivity contribution < 1.29 is 4.74 Å². The quantitative estimate of drug-likeness (QED) is 0.668. The topological polar surface area (TPSA) is 59.1 Å². The number of hydrogen-bond donors (Lipinski definition) is 2. The van der Waals surface area contributed by atoms with E-state index in [2.05, 4.69) is 12.1 Å². The zero-order valence-corrected chi connectivity index (χ0v) is 12.4. The van der Waals surface area contributed by atoms with E-state index in [0.717, 1.165) is 17.7 Å². The highest BCUT2D eigenvalue weighted by molar-refractivity contribution is 6.31. The van der Waals surface area contributed by atoms with E-state index in [1.54, 1.807) is 12.1 Å². The van der Waals surface area contributed by atoms with Crippen LogP contribution in [0, 0.1) is 5.41 Å². The summed E-state index contributed by atoms with van der Waals surface area (Å²) in [6.07, 6.45) is 3.55. The molecule has 108 valence electrons. The standard InChI is InChI=1S/C17H17ClN2O/c18-16-9-13(17(19)20)4-5-14(16)10-21-15-7-6-11-2-1-3-12(11)8-15/h4-9H,1-3,10H2,(H3,19,20). The molecule has 0 saturated heterocycles. The molecule has 2 aromatic carbocycles. The van der Waals surface area contributed by atoms with Crippen LogP contribution in [0.3, 0.4) is 0 Å². The van der Waals surface area contributed by atoms with Crippen molar-refractivity contribution in [1.82, 2.24) is 0 Å². The van der Waals surface area contributed by atoms with Crippen LogP contribution in [0.25, 0.3) is 0 Å². The lowest BCUT2D eigenvalue weighted by Crippen LogP contribution is -2.11. The van der Waals surface area contributed by atoms with E-state index in [1.165, 1.54) is 24.0 Å². The molecule has 1 aliphatic rings. The van der Waals surface area contributed by atoms with E-state index in [9.17, 15) is 0 Å². The van der Waals surface area contributed by atoms with E-state index in [0.29, 0.717) is 17.2 Å². The second-order valence-corrected chi connectivity index (χ2v) is 5.70. The van der Waals surface area contributed by atoms with Crippen LogP contribution in [-0.4, -0.2) is 5.84 Å². The number of amidine groups is 1. The molecule has 0 amide bonds. The molecule has 0 aromatic heterocycles. The van der Waals surface area contributed by atoms with Crippen molar-refractivity contribution in [2.24, 2.45) is 5.73 Å². The van der Waals surface area contributed by atoms with Crippen molar-refractivity contribution in [3.63, 3.8) is 0 Å². The first-order valence-electron chi connectivity index (χ1n) is 7.01. The number of rotatable bonds is 4. The smallest absolute Gasteiger partial charge is 0.122 e. The molecule has 2 aromatic rings. The molecule has 4 heteroatoms. The van der Waals surface area contributed by atoms with Gasteiger partial charge in [-0.05, 0) is 48.6 Å². The van der Waals surface area contributed by atoms with Crippen LogP contribution in [0.4, 0.5) is 0 Å². The van der Waals surface area contributed by atoms with Gasteiger partial charge in [-0.25, -0.2) is 0 Å². The normalized spacial score (nSPS) is 13.0. The number of benzene rings is 2. The number of nitrogen functional groups attached to an aromatic ring is 1. The van der Waals surface area contributed by atoms with E-state index in [-0.39, 0.29) is 5.84 Å². The van der Waals surface area contributed by atoms with E-state index >= 15 is 0 Å². The van der Waals surface area contributed by atoms with Crippen LogP contribution in [0.1, 0.15) is 28.7 Å². The zero-order valence-electron chi connectivity index (χ0n) is 11.7. The average Bonchev–Trinajstić information content (AvgIpc) is 2.93. The Morgan fingerprint density at radius 3 is 2.71 bits per heavy atom. The molecule has 3 rings (SSSR count). The fourth-order valence-electron chi connectivity index (χ4n) is 2.63. The van der Waals surface area contributed by atoms with Gasteiger partial charge in [0.15, 0.2) is 0 Å². The minimum absolute atomic E-state index is 0.0167. The van der Waals surface area contributed by atoms with Gasteiger partial charge in [-0.15, -0.1) is 0 Å². The highest BCUT2D eigenvalue weighted by Gasteiger charge is 2.11. The van der Waals surface area contributed by atoms with Gasteiger partial charge in [-0.1, -0.05) is 29.8 Å². The van der Waals surface area contributed by atoms with Crippen LogP contribution >= 0.6 is 11.6 Å². The first kappa shape index (κ1) is 14.0. The van der Waals surface area contributed by atoms with Gasteiger partial charge in [0.2, 0.25) is 0 Å². The number of halogens is 1. The van der Waals surface area contributed by atoms with Crippen LogP contribution in [0.15, 0.2) is 36.4 Å². The van der Waals surface area contributed by atoms with Crippen molar-refractivity contribution in [2.75, 3.05) is 0 Å². The summed E-state index contributed by atoms with van der Waals surface area (Å²) >= 11 is 6.20. The van der Waals surface area contributed by atoms with Crippen LogP contribution in [-0.2, 0) is 19.4 Å². The predicted molar refractivity (Wildman–Crippen MR) is 85.3 cm³/mol. The second-order valence-electron chi connectivity index (χ2n) is 5.29.